The average molecular weight is 548 g/mol. The van der Waals surface area contributed by atoms with E-state index in [-0.39, 0.29) is 31.4 Å². The molecule has 0 aliphatic heterocycles. The highest BCUT2D eigenvalue weighted by atomic mass is 16.6. The van der Waals surface area contributed by atoms with Crippen molar-refractivity contribution in [3.8, 4) is 0 Å². The van der Waals surface area contributed by atoms with Crippen molar-refractivity contribution in [2.45, 2.75) is 106 Å². The molecule has 2 N–H and O–H groups in total. The Morgan fingerprint density at radius 1 is 1.00 bits per heavy atom. The Hall–Kier alpha value is -3.10. The topological polar surface area (TPSA) is 114 Å². The number of hydrogen-bond donors (Lipinski definition) is 2. The molecule has 0 radical (unpaired) electrons. The van der Waals surface area contributed by atoms with Crippen LogP contribution in [0.25, 0.3) is 0 Å². The molecule has 0 aliphatic carbocycles. The Morgan fingerprint density at radius 3 is 2.13 bits per heavy atom. The quantitative estimate of drug-likeness (QED) is 0.318. The summed E-state index contributed by atoms with van der Waals surface area (Å²) in [5, 5.41) is 5.61. The summed E-state index contributed by atoms with van der Waals surface area (Å²) in [5.74, 6) is -1.36. The van der Waals surface area contributed by atoms with Gasteiger partial charge in [0.25, 0.3) is 0 Å². The van der Waals surface area contributed by atoms with Gasteiger partial charge in [-0.15, -0.1) is 0 Å². The maximum atomic E-state index is 14.2. The van der Waals surface area contributed by atoms with Crippen molar-refractivity contribution in [1.29, 1.82) is 0 Å². The second-order valence-corrected chi connectivity index (χ2v) is 11.1. The number of nitrogens with one attached hydrogen (secondary N) is 2. The number of ether oxygens (including phenoxy) is 2. The number of unbranched alkanes of at least 4 members (excludes halogenated alkanes) is 1. The lowest BCUT2D eigenvalue weighted by atomic mass is 9.94. The Balaban J connectivity index is 3.49. The van der Waals surface area contributed by atoms with Crippen LogP contribution in [0, 0.1) is 19.8 Å². The van der Waals surface area contributed by atoms with Crippen LogP contribution in [0.15, 0.2) is 18.2 Å². The number of nitrogens with zero attached hydrogens (tertiary/aromatic N) is 1. The van der Waals surface area contributed by atoms with Crippen LogP contribution in [0.1, 0.15) is 96.9 Å². The molecule has 0 aromatic heterocycles. The first-order valence-corrected chi connectivity index (χ1v) is 14.0. The Bertz CT molecular complexity index is 952. The highest BCUT2D eigenvalue weighted by Crippen LogP contribution is 2.27. The summed E-state index contributed by atoms with van der Waals surface area (Å²) in [6.07, 6.45) is 1.45. The fourth-order valence-corrected chi connectivity index (χ4v) is 4.25. The van der Waals surface area contributed by atoms with E-state index in [0.29, 0.717) is 24.9 Å². The monoisotopic (exact) mass is 547 g/mol. The number of rotatable bonds is 14. The van der Waals surface area contributed by atoms with Crippen molar-refractivity contribution in [3.05, 3.63) is 34.9 Å². The Kier molecular flexibility index (Phi) is 14.0. The molecule has 0 fully saturated rings. The van der Waals surface area contributed by atoms with Crippen LogP contribution < -0.4 is 10.6 Å². The summed E-state index contributed by atoms with van der Waals surface area (Å²) in [6.45, 7) is 17.4. The molecule has 1 aromatic carbocycles. The minimum Gasteiger partial charge on any atom is -0.466 e. The molecule has 0 aliphatic rings. The molecule has 1 rings (SSSR count). The zero-order valence-electron chi connectivity index (χ0n) is 25.3. The molecule has 0 saturated carbocycles. The Labute approximate surface area is 234 Å². The van der Waals surface area contributed by atoms with Crippen molar-refractivity contribution in [2.75, 3.05) is 19.7 Å². The van der Waals surface area contributed by atoms with Crippen molar-refractivity contribution in [2.24, 2.45) is 5.92 Å². The van der Waals surface area contributed by atoms with E-state index < -0.39 is 35.7 Å². The van der Waals surface area contributed by atoms with E-state index in [0.717, 1.165) is 17.5 Å². The summed E-state index contributed by atoms with van der Waals surface area (Å²) in [6, 6.07) is 3.96. The van der Waals surface area contributed by atoms with E-state index in [1.807, 2.05) is 52.8 Å². The normalized spacial score (nSPS) is 13.6. The lowest BCUT2D eigenvalue weighted by molar-refractivity contribution is -0.145. The number of carbonyl (C=O) groups is 4. The predicted octanol–water partition coefficient (Wildman–Crippen LogP) is 4.98. The highest BCUT2D eigenvalue weighted by molar-refractivity contribution is 5.92. The van der Waals surface area contributed by atoms with Gasteiger partial charge in [0.1, 0.15) is 17.7 Å². The lowest BCUT2D eigenvalue weighted by Gasteiger charge is -2.36. The van der Waals surface area contributed by atoms with Crippen molar-refractivity contribution >= 4 is 23.9 Å². The minimum absolute atomic E-state index is 0.0255. The van der Waals surface area contributed by atoms with Crippen LogP contribution in [0.3, 0.4) is 0 Å². The maximum absolute atomic E-state index is 14.2. The van der Waals surface area contributed by atoms with Gasteiger partial charge < -0.3 is 25.0 Å². The highest BCUT2D eigenvalue weighted by Gasteiger charge is 2.38. The van der Waals surface area contributed by atoms with E-state index in [2.05, 4.69) is 10.6 Å². The molecule has 0 spiro atoms. The first-order chi connectivity index (χ1) is 18.2. The number of aryl methyl sites for hydroxylation is 2. The third-order valence-corrected chi connectivity index (χ3v) is 6.24. The molecule has 9 heteroatoms. The van der Waals surface area contributed by atoms with E-state index in [1.165, 1.54) is 0 Å². The second kappa shape index (κ2) is 16.1. The van der Waals surface area contributed by atoms with Crippen LogP contribution in [0.5, 0.6) is 0 Å². The van der Waals surface area contributed by atoms with Gasteiger partial charge in [-0.1, -0.05) is 62.9 Å². The van der Waals surface area contributed by atoms with Gasteiger partial charge in [-0.3, -0.25) is 14.4 Å². The number of alkyl carbamates (subject to hydrolysis) is 1. The molecule has 0 saturated heterocycles. The molecule has 3 atom stereocenters. The molecule has 1 aromatic rings. The van der Waals surface area contributed by atoms with Crippen LogP contribution >= 0.6 is 0 Å². The number of hydrogen-bond acceptors (Lipinski definition) is 6. The van der Waals surface area contributed by atoms with Gasteiger partial charge in [0, 0.05) is 13.1 Å². The van der Waals surface area contributed by atoms with Gasteiger partial charge >= 0.3 is 12.1 Å². The van der Waals surface area contributed by atoms with Gasteiger partial charge in [-0.2, -0.15) is 0 Å². The third kappa shape index (κ3) is 11.7. The van der Waals surface area contributed by atoms with Gasteiger partial charge in [0.05, 0.1) is 13.0 Å². The van der Waals surface area contributed by atoms with Gasteiger partial charge in [0.15, 0.2) is 0 Å². The van der Waals surface area contributed by atoms with Gasteiger partial charge in [-0.05, 0) is 59.4 Å². The minimum atomic E-state index is -0.947. The lowest BCUT2D eigenvalue weighted by Crippen LogP contribution is -2.55. The van der Waals surface area contributed by atoms with E-state index in [1.54, 1.807) is 32.6 Å². The molecular weight excluding hydrogens is 498 g/mol. The molecule has 3 unspecified atom stereocenters. The van der Waals surface area contributed by atoms with Crippen molar-refractivity contribution in [1.82, 2.24) is 15.5 Å². The predicted molar refractivity (Wildman–Crippen MR) is 152 cm³/mol. The van der Waals surface area contributed by atoms with E-state index >= 15 is 0 Å². The van der Waals surface area contributed by atoms with Crippen LogP contribution in [-0.2, 0) is 23.9 Å². The van der Waals surface area contributed by atoms with Gasteiger partial charge in [-0.25, -0.2) is 4.79 Å². The fourth-order valence-electron chi connectivity index (χ4n) is 4.25. The van der Waals surface area contributed by atoms with Crippen molar-refractivity contribution < 1.29 is 28.7 Å². The van der Waals surface area contributed by atoms with Crippen molar-refractivity contribution in [3.63, 3.8) is 0 Å². The van der Waals surface area contributed by atoms with Gasteiger partial charge in [0.2, 0.25) is 11.8 Å². The van der Waals surface area contributed by atoms with E-state index in [4.69, 9.17) is 9.47 Å². The second-order valence-electron chi connectivity index (χ2n) is 11.1. The first-order valence-electron chi connectivity index (χ1n) is 14.0. The van der Waals surface area contributed by atoms with Crippen LogP contribution in [0.2, 0.25) is 0 Å². The summed E-state index contributed by atoms with van der Waals surface area (Å²) < 4.78 is 10.4. The SMILES string of the molecule is CCCCN(C(=O)C(NC(=O)OC(C)(C)C)C(C)CC)C(C(=O)NCCC(=O)OCC)c1cc(C)cc(C)c1. The largest absolute Gasteiger partial charge is 0.466 e. The fraction of sp³-hybridized carbons (Fsp3) is 0.667. The maximum Gasteiger partial charge on any atom is 0.408 e. The first kappa shape index (κ1) is 33.9. The molecule has 0 bridgehead atoms. The standard InChI is InChI=1S/C30H49N3O6/c1-10-13-16-33(28(36)25(22(6)11-2)32-29(37)39-30(7,8)9)26(23-18-20(4)17-21(5)19-23)27(35)31-15-14-24(34)38-12-3/h17-19,22,25-26H,10-16H2,1-9H3,(H,31,35)(H,32,37). The molecular formula is C30H49N3O6. The molecule has 3 amide bonds. The smallest absolute Gasteiger partial charge is 0.408 e. The summed E-state index contributed by atoms with van der Waals surface area (Å²) >= 11 is 0. The Morgan fingerprint density at radius 2 is 1.62 bits per heavy atom. The molecule has 0 heterocycles. The third-order valence-electron chi connectivity index (χ3n) is 6.24. The number of benzene rings is 1. The molecule has 220 valence electrons. The van der Waals surface area contributed by atoms with E-state index in [9.17, 15) is 19.2 Å². The van der Waals surface area contributed by atoms with Crippen LogP contribution in [0.4, 0.5) is 4.79 Å². The zero-order valence-corrected chi connectivity index (χ0v) is 25.3. The number of amides is 3. The molecule has 9 nitrogen and oxygen atoms in total. The molecule has 39 heavy (non-hydrogen) atoms. The average Bonchev–Trinajstić information content (AvgIpc) is 2.82. The zero-order chi connectivity index (χ0) is 29.8. The number of esters is 1. The summed E-state index contributed by atoms with van der Waals surface area (Å²) in [5.41, 5.74) is 1.87. The van der Waals surface area contributed by atoms with Crippen LogP contribution in [-0.4, -0.2) is 60.1 Å². The summed E-state index contributed by atoms with van der Waals surface area (Å²) in [4.78, 5) is 54.1. The summed E-state index contributed by atoms with van der Waals surface area (Å²) in [7, 11) is 0. The number of carbonyl (C=O) groups excluding carboxylic acids is 4.